The van der Waals surface area contributed by atoms with Crippen molar-refractivity contribution in [1.82, 2.24) is 0 Å². The Kier molecular flexibility index (Phi) is 4.15. The lowest BCUT2D eigenvalue weighted by Crippen LogP contribution is -1.66. The van der Waals surface area contributed by atoms with Crippen LogP contribution in [0.15, 0.2) is 0 Å². The van der Waals surface area contributed by atoms with E-state index in [0.717, 1.165) is 4.20 Å². The third-order valence-corrected chi connectivity index (χ3v) is 3.64. The molecular formula is C2H4IS2+. The Morgan fingerprint density at radius 3 is 2.20 bits per heavy atom. The van der Waals surface area contributed by atoms with Gasteiger partial charge in [-0.15, -0.1) is 0 Å². The minimum Gasteiger partial charge on any atom is 0.00333 e. The molecule has 0 fully saturated rings. The lowest BCUT2D eigenvalue weighted by Gasteiger charge is -1.63. The fourth-order valence-corrected chi connectivity index (χ4v) is 0. The monoisotopic (exact) mass is 219 g/mol. The van der Waals surface area contributed by atoms with E-state index in [0.29, 0.717) is 0 Å². The molecule has 30 valence electrons. The van der Waals surface area contributed by atoms with Crippen molar-refractivity contribution in [3.05, 3.63) is 0 Å². The first-order valence-electron chi connectivity index (χ1n) is 1.08. The summed E-state index contributed by atoms with van der Waals surface area (Å²) in [4.78, 5) is 0. The highest BCUT2D eigenvalue weighted by Crippen LogP contribution is 2.09. The maximum atomic E-state index is 3.97. The van der Waals surface area contributed by atoms with Gasteiger partial charge >= 0.3 is 0 Å². The van der Waals surface area contributed by atoms with Crippen molar-refractivity contribution in [2.45, 2.75) is 6.92 Å². The average Bonchev–Trinajstić information content (AvgIpc) is 1.38. The highest BCUT2D eigenvalue weighted by atomic mass is 127. The summed E-state index contributed by atoms with van der Waals surface area (Å²) in [7, 11) is 1.63. The van der Waals surface area contributed by atoms with E-state index in [2.05, 4.69) is 33.4 Å². The fraction of sp³-hybridized carbons (Fsp3) is 0.500. The summed E-state index contributed by atoms with van der Waals surface area (Å²) in [6.07, 6.45) is 0. The molecule has 0 saturated heterocycles. The lowest BCUT2D eigenvalue weighted by atomic mass is 11.0. The predicted molar refractivity (Wildman–Crippen MR) is 41.1 cm³/mol. The minimum absolute atomic E-state index is 1.10. The van der Waals surface area contributed by atoms with Gasteiger partial charge in [0.15, 0.2) is 12.2 Å². The third kappa shape index (κ3) is 5.17. The maximum Gasteiger partial charge on any atom is 0.239 e. The molecule has 5 heavy (non-hydrogen) atoms. The second kappa shape index (κ2) is 3.36. The summed E-state index contributed by atoms with van der Waals surface area (Å²) >= 11 is 6.15. The molecule has 0 radical (unpaired) electrons. The van der Waals surface area contributed by atoms with Crippen LogP contribution in [0.25, 0.3) is 0 Å². The second-order valence-electron chi connectivity index (χ2n) is 0.596. The number of thiol groups is 1. The molecule has 0 atom stereocenters. The molecule has 3 heteroatoms. The lowest BCUT2D eigenvalue weighted by molar-refractivity contribution is 2.12. The molecule has 0 aromatic heterocycles. The molecule has 0 amide bonds. The zero-order valence-electron chi connectivity index (χ0n) is 2.73. The van der Waals surface area contributed by atoms with E-state index in [-0.39, 0.29) is 0 Å². The van der Waals surface area contributed by atoms with Crippen LogP contribution >= 0.6 is 30.1 Å². The topological polar surface area (TPSA) is 0 Å². The first-order valence-corrected chi connectivity index (χ1v) is 4.89. The van der Waals surface area contributed by atoms with Gasteiger partial charge in [0.25, 0.3) is 0 Å². The molecule has 0 nitrogen and oxygen atoms in total. The van der Waals surface area contributed by atoms with Crippen molar-refractivity contribution in [1.29, 1.82) is 0 Å². The van der Waals surface area contributed by atoms with Gasteiger partial charge in [0.05, 0.1) is 0 Å². The van der Waals surface area contributed by atoms with E-state index in [9.17, 15) is 0 Å². The van der Waals surface area contributed by atoms with Crippen LogP contribution in [0.5, 0.6) is 0 Å². The zero-order chi connectivity index (χ0) is 4.28. The van der Waals surface area contributed by atoms with Crippen LogP contribution in [0.1, 0.15) is 6.92 Å². The molecule has 0 aliphatic rings. The van der Waals surface area contributed by atoms with Crippen molar-refractivity contribution in [3.63, 3.8) is 0 Å². The van der Waals surface area contributed by atoms with Crippen molar-refractivity contribution < 1.29 is 0 Å². The standard InChI is InChI=1S/C2H3IS2/c1-2(4)5-3/h1H3/p+1. The first-order chi connectivity index (χ1) is 2.27. The Balaban J connectivity index is 2.85. The molecule has 0 bridgehead atoms. The average molecular weight is 219 g/mol. The Hall–Kier alpha value is 1.17. The minimum atomic E-state index is 1.10. The predicted octanol–water partition coefficient (Wildman–Crippen LogP) is 1.50. The van der Waals surface area contributed by atoms with Crippen molar-refractivity contribution in [2.75, 3.05) is 0 Å². The normalized spacial score (nSPS) is 7.60. The van der Waals surface area contributed by atoms with E-state index in [1.54, 1.807) is 8.93 Å². The SMILES string of the molecule is CC(=[SH+])SI. The summed E-state index contributed by atoms with van der Waals surface area (Å²) in [5.74, 6) is 0. The van der Waals surface area contributed by atoms with Crippen molar-refractivity contribution >= 4 is 46.6 Å². The molecule has 0 aliphatic heterocycles. The molecule has 0 unspecified atom stereocenters. The smallest absolute Gasteiger partial charge is 0.00333 e. The van der Waals surface area contributed by atoms with Crippen LogP contribution in [0.2, 0.25) is 0 Å². The van der Waals surface area contributed by atoms with Gasteiger partial charge in [-0.2, -0.15) is 0 Å². The van der Waals surface area contributed by atoms with E-state index in [1.807, 2.05) is 6.92 Å². The summed E-state index contributed by atoms with van der Waals surface area (Å²) in [6.45, 7) is 1.96. The Morgan fingerprint density at radius 1 is 2.00 bits per heavy atom. The molecule has 0 saturated carbocycles. The molecule has 0 rings (SSSR count). The van der Waals surface area contributed by atoms with Crippen LogP contribution < -0.4 is 0 Å². The summed E-state index contributed by atoms with van der Waals surface area (Å²) in [5.41, 5.74) is 0. The number of hydrogen-bond donors (Lipinski definition) is 0. The van der Waals surface area contributed by atoms with Gasteiger partial charge in [0.1, 0.15) is 0 Å². The summed E-state index contributed by atoms with van der Waals surface area (Å²) in [5, 5.41) is 0. The quantitative estimate of drug-likeness (QED) is 0.257. The van der Waals surface area contributed by atoms with Gasteiger partial charge in [-0.05, 0) is 0 Å². The van der Waals surface area contributed by atoms with E-state index >= 15 is 0 Å². The van der Waals surface area contributed by atoms with Crippen LogP contribution in [-0.4, -0.2) is 4.20 Å². The number of rotatable bonds is 0. The number of hydrogen-bond acceptors (Lipinski definition) is 1. The first kappa shape index (κ1) is 6.17. The molecule has 0 N–H and O–H groups in total. The Bertz CT molecular complexity index is 42.9. The Labute approximate surface area is 53.3 Å². The highest BCUT2D eigenvalue weighted by Gasteiger charge is 1.85. The van der Waals surface area contributed by atoms with Gasteiger partial charge < -0.3 is 0 Å². The zero-order valence-corrected chi connectivity index (χ0v) is 6.60. The molecule has 0 spiro atoms. The van der Waals surface area contributed by atoms with Gasteiger partial charge in [0.2, 0.25) is 4.20 Å². The summed E-state index contributed by atoms with van der Waals surface area (Å²) < 4.78 is 1.10. The summed E-state index contributed by atoms with van der Waals surface area (Å²) in [6, 6.07) is 0. The van der Waals surface area contributed by atoms with Crippen LogP contribution in [-0.2, 0) is 12.2 Å². The van der Waals surface area contributed by atoms with Crippen LogP contribution in [0.3, 0.4) is 0 Å². The van der Waals surface area contributed by atoms with Gasteiger partial charge in [-0.1, -0.05) is 0 Å². The second-order valence-corrected chi connectivity index (χ2v) is 3.66. The third-order valence-electron chi connectivity index (χ3n) is 0.112. The van der Waals surface area contributed by atoms with Crippen molar-refractivity contribution in [3.8, 4) is 0 Å². The van der Waals surface area contributed by atoms with E-state index in [4.69, 9.17) is 0 Å². The fourth-order valence-electron chi connectivity index (χ4n) is 0. The highest BCUT2D eigenvalue weighted by molar-refractivity contribution is 14.2. The van der Waals surface area contributed by atoms with Crippen LogP contribution in [0, 0.1) is 0 Å². The largest absolute Gasteiger partial charge is 0.239 e. The molecule has 0 aromatic rings. The molecular weight excluding hydrogens is 215 g/mol. The molecule has 0 aliphatic carbocycles. The Morgan fingerprint density at radius 2 is 2.20 bits per heavy atom. The van der Waals surface area contributed by atoms with Gasteiger partial charge in [-0.3, -0.25) is 0 Å². The van der Waals surface area contributed by atoms with Crippen LogP contribution in [0.4, 0.5) is 0 Å². The maximum absolute atomic E-state index is 3.97. The number of halogens is 1. The molecule has 0 aromatic carbocycles. The van der Waals surface area contributed by atoms with E-state index < -0.39 is 0 Å². The van der Waals surface area contributed by atoms with E-state index in [1.165, 1.54) is 0 Å². The van der Waals surface area contributed by atoms with Gasteiger partial charge in [-0.25, -0.2) is 0 Å². The van der Waals surface area contributed by atoms with Crippen molar-refractivity contribution in [2.24, 2.45) is 0 Å². The molecule has 0 heterocycles. The van der Waals surface area contributed by atoms with Gasteiger partial charge in [0, 0.05) is 37.1 Å².